The first-order valence-corrected chi connectivity index (χ1v) is 7.06. The molecule has 0 atom stereocenters. The zero-order valence-corrected chi connectivity index (χ0v) is 12.7. The molecule has 3 rings (SSSR count). The van der Waals surface area contributed by atoms with Crippen LogP contribution in [0.15, 0.2) is 36.7 Å². The van der Waals surface area contributed by atoms with E-state index in [4.69, 9.17) is 0 Å². The van der Waals surface area contributed by atoms with Crippen LogP contribution in [0.25, 0.3) is 5.78 Å². The molecule has 2 heterocycles. The molecule has 0 aliphatic rings. The predicted molar refractivity (Wildman–Crippen MR) is 82.3 cm³/mol. The molecule has 0 fully saturated rings. The van der Waals surface area contributed by atoms with Crippen molar-refractivity contribution in [2.24, 2.45) is 0 Å². The van der Waals surface area contributed by atoms with Crippen molar-refractivity contribution < 1.29 is 19.1 Å². The van der Waals surface area contributed by atoms with Crippen molar-refractivity contribution in [2.45, 2.75) is 13.5 Å². The van der Waals surface area contributed by atoms with Gasteiger partial charge in [0, 0.05) is 25.0 Å². The lowest BCUT2D eigenvalue weighted by Gasteiger charge is -2.08. The number of fused-ring (bicyclic) bond motifs is 1. The van der Waals surface area contributed by atoms with E-state index < -0.39 is 11.9 Å². The minimum atomic E-state index is -1.19. The summed E-state index contributed by atoms with van der Waals surface area (Å²) in [4.78, 5) is 31.5. The van der Waals surface area contributed by atoms with E-state index >= 15 is 0 Å². The molecule has 3 aromatic rings. The van der Waals surface area contributed by atoms with E-state index in [1.807, 2.05) is 0 Å². The third-order valence-corrected chi connectivity index (χ3v) is 3.50. The van der Waals surface area contributed by atoms with E-state index in [-0.39, 0.29) is 29.5 Å². The monoisotopic (exact) mass is 328 g/mol. The fourth-order valence-electron chi connectivity index (χ4n) is 2.28. The highest BCUT2D eigenvalue weighted by molar-refractivity contribution is 5.95. The summed E-state index contributed by atoms with van der Waals surface area (Å²) in [6, 6.07) is 5.70. The van der Waals surface area contributed by atoms with Crippen LogP contribution in [0.5, 0.6) is 0 Å². The molecule has 0 bridgehead atoms. The van der Waals surface area contributed by atoms with E-state index in [1.54, 1.807) is 19.1 Å². The zero-order valence-electron chi connectivity index (χ0n) is 12.7. The van der Waals surface area contributed by atoms with Crippen molar-refractivity contribution in [3.8, 4) is 0 Å². The quantitative estimate of drug-likeness (QED) is 0.761. The number of carbonyl (C=O) groups excluding carboxylic acids is 1. The average molecular weight is 328 g/mol. The van der Waals surface area contributed by atoms with Crippen LogP contribution in [0.3, 0.4) is 0 Å². The minimum absolute atomic E-state index is 0.0510. The number of aromatic nitrogens is 3. The Kier molecular flexibility index (Phi) is 3.95. The van der Waals surface area contributed by atoms with Gasteiger partial charge in [0.25, 0.3) is 5.91 Å². The highest BCUT2D eigenvalue weighted by Gasteiger charge is 2.16. The number of carboxylic acid groups (broad SMARTS) is 1. The molecule has 0 aliphatic carbocycles. The maximum Gasteiger partial charge on any atom is 0.353 e. The summed E-state index contributed by atoms with van der Waals surface area (Å²) >= 11 is 0. The maximum atomic E-state index is 13.2. The van der Waals surface area contributed by atoms with Crippen LogP contribution in [-0.2, 0) is 6.54 Å². The van der Waals surface area contributed by atoms with E-state index in [2.05, 4.69) is 15.3 Å². The van der Waals surface area contributed by atoms with Gasteiger partial charge < -0.3 is 10.4 Å². The van der Waals surface area contributed by atoms with Crippen LogP contribution in [0.1, 0.15) is 32.1 Å². The Morgan fingerprint density at radius 3 is 2.83 bits per heavy atom. The molecular weight excluding hydrogens is 315 g/mol. The Morgan fingerprint density at radius 1 is 1.33 bits per heavy atom. The second-order valence-electron chi connectivity index (χ2n) is 5.20. The molecule has 24 heavy (non-hydrogen) atoms. The molecule has 0 saturated carbocycles. The van der Waals surface area contributed by atoms with Crippen LogP contribution in [0, 0.1) is 12.7 Å². The molecule has 2 aromatic heterocycles. The first-order chi connectivity index (χ1) is 11.5. The zero-order chi connectivity index (χ0) is 17.3. The van der Waals surface area contributed by atoms with Crippen LogP contribution in [-0.4, -0.2) is 31.4 Å². The molecule has 0 saturated heterocycles. The smallest absolute Gasteiger partial charge is 0.353 e. The van der Waals surface area contributed by atoms with Crippen molar-refractivity contribution in [1.29, 1.82) is 0 Å². The van der Waals surface area contributed by atoms with Crippen molar-refractivity contribution in [3.63, 3.8) is 0 Å². The van der Waals surface area contributed by atoms with Gasteiger partial charge in [-0.05, 0) is 24.1 Å². The van der Waals surface area contributed by atoms with Gasteiger partial charge in [0.15, 0.2) is 0 Å². The molecule has 1 amide bonds. The van der Waals surface area contributed by atoms with Gasteiger partial charge in [0.1, 0.15) is 17.2 Å². The summed E-state index contributed by atoms with van der Waals surface area (Å²) in [7, 11) is 0. The summed E-state index contributed by atoms with van der Waals surface area (Å²) in [5.74, 6) is -1.92. The van der Waals surface area contributed by atoms with Crippen molar-refractivity contribution in [3.05, 3.63) is 65.0 Å². The fourth-order valence-corrected chi connectivity index (χ4v) is 2.28. The van der Waals surface area contributed by atoms with Crippen molar-refractivity contribution in [2.75, 3.05) is 0 Å². The van der Waals surface area contributed by atoms with Crippen LogP contribution >= 0.6 is 0 Å². The van der Waals surface area contributed by atoms with Crippen LogP contribution in [0.2, 0.25) is 0 Å². The number of benzene rings is 1. The Hall–Kier alpha value is -3.29. The van der Waals surface area contributed by atoms with Gasteiger partial charge in [0.05, 0.1) is 0 Å². The van der Waals surface area contributed by atoms with Crippen LogP contribution < -0.4 is 5.32 Å². The van der Waals surface area contributed by atoms with Gasteiger partial charge in [-0.25, -0.2) is 19.2 Å². The first-order valence-electron chi connectivity index (χ1n) is 7.06. The Labute approximate surface area is 135 Å². The van der Waals surface area contributed by atoms with Gasteiger partial charge in [0.2, 0.25) is 5.78 Å². The standard InChI is InChI=1S/C16H13FN4O3/c1-9-6-10(2-3-11(9)17)8-19-14(22)12-7-13(15(23)24)21-5-4-18-16(21)20-12/h2-7H,8H2,1H3,(H,19,22)(H,23,24). The predicted octanol–water partition coefficient (Wildman–Crippen LogP) is 1.81. The van der Waals surface area contributed by atoms with Crippen molar-refractivity contribution in [1.82, 2.24) is 19.7 Å². The normalized spacial score (nSPS) is 10.8. The number of carbonyl (C=O) groups is 2. The van der Waals surface area contributed by atoms with E-state index in [1.165, 1.54) is 28.9 Å². The second kappa shape index (κ2) is 6.07. The Balaban J connectivity index is 1.83. The van der Waals surface area contributed by atoms with Crippen LogP contribution in [0.4, 0.5) is 4.39 Å². The molecule has 0 radical (unpaired) electrons. The molecule has 2 N–H and O–H groups in total. The molecular formula is C16H13FN4O3. The van der Waals surface area contributed by atoms with E-state index in [0.29, 0.717) is 5.56 Å². The third-order valence-electron chi connectivity index (χ3n) is 3.50. The van der Waals surface area contributed by atoms with Gasteiger partial charge in [-0.1, -0.05) is 12.1 Å². The maximum absolute atomic E-state index is 13.2. The molecule has 0 aliphatic heterocycles. The number of amides is 1. The van der Waals surface area contributed by atoms with E-state index in [9.17, 15) is 19.1 Å². The third kappa shape index (κ3) is 2.94. The van der Waals surface area contributed by atoms with Gasteiger partial charge in [-0.15, -0.1) is 0 Å². The Morgan fingerprint density at radius 2 is 2.12 bits per heavy atom. The average Bonchev–Trinajstić information content (AvgIpc) is 3.03. The molecule has 122 valence electrons. The van der Waals surface area contributed by atoms with Gasteiger partial charge >= 0.3 is 5.97 Å². The van der Waals surface area contributed by atoms with Gasteiger partial charge in [-0.3, -0.25) is 9.20 Å². The first kappa shape index (κ1) is 15.6. The topological polar surface area (TPSA) is 96.6 Å². The number of aromatic carboxylic acids is 1. The molecule has 0 unspecified atom stereocenters. The summed E-state index contributed by atoms with van der Waals surface area (Å²) in [6.45, 7) is 1.80. The number of hydrogen-bond acceptors (Lipinski definition) is 4. The van der Waals surface area contributed by atoms with E-state index in [0.717, 1.165) is 5.56 Å². The number of carboxylic acids is 1. The highest BCUT2D eigenvalue weighted by atomic mass is 19.1. The number of imidazole rings is 1. The minimum Gasteiger partial charge on any atom is -0.477 e. The largest absolute Gasteiger partial charge is 0.477 e. The SMILES string of the molecule is Cc1cc(CNC(=O)c2cc(C(=O)O)n3ccnc3n2)ccc1F. The number of nitrogens with one attached hydrogen (secondary N) is 1. The highest BCUT2D eigenvalue weighted by Crippen LogP contribution is 2.10. The summed E-state index contributed by atoms with van der Waals surface area (Å²) in [5, 5.41) is 11.9. The number of aryl methyl sites for hydroxylation is 1. The number of hydrogen-bond donors (Lipinski definition) is 2. The number of halogens is 1. The second-order valence-corrected chi connectivity index (χ2v) is 5.20. The number of rotatable bonds is 4. The summed E-state index contributed by atoms with van der Waals surface area (Å²) < 4.78 is 14.5. The lowest BCUT2D eigenvalue weighted by molar-refractivity contribution is 0.0688. The van der Waals surface area contributed by atoms with Crippen molar-refractivity contribution >= 4 is 17.7 Å². The molecule has 8 heteroatoms. The molecule has 7 nitrogen and oxygen atoms in total. The molecule has 1 aromatic carbocycles. The number of nitrogens with zero attached hydrogens (tertiary/aromatic N) is 3. The van der Waals surface area contributed by atoms with Gasteiger partial charge in [-0.2, -0.15) is 0 Å². The lowest BCUT2D eigenvalue weighted by Crippen LogP contribution is -2.25. The fraction of sp³-hybridized carbons (Fsp3) is 0.125. The molecule has 0 spiro atoms. The summed E-state index contributed by atoms with van der Waals surface area (Å²) in [6.07, 6.45) is 2.85. The Bertz CT molecular complexity index is 952. The summed E-state index contributed by atoms with van der Waals surface area (Å²) in [5.41, 5.74) is 1.04. The lowest BCUT2D eigenvalue weighted by atomic mass is 10.1.